The summed E-state index contributed by atoms with van der Waals surface area (Å²) in [5.41, 5.74) is 0. The number of carboxylic acids is 1. The normalized spacial score (nSPS) is 11.4. The molecule has 0 saturated heterocycles. The first kappa shape index (κ1) is 21.9. The molecule has 0 aliphatic rings. The van der Waals surface area contributed by atoms with Crippen LogP contribution in [0.2, 0.25) is 0 Å². The van der Waals surface area contributed by atoms with Crippen molar-refractivity contribution in [3.63, 3.8) is 0 Å². The topological polar surface area (TPSA) is 113 Å². The van der Waals surface area contributed by atoms with Crippen LogP contribution >= 0.6 is 0 Å². The molecule has 0 aromatic heterocycles. The number of ether oxygens (including phenoxy) is 1. The Labute approximate surface area is 154 Å². The zero-order valence-electron chi connectivity index (χ0n) is 15.3. The summed E-state index contributed by atoms with van der Waals surface area (Å²) in [5, 5.41) is 8.89. The third-order valence-electron chi connectivity index (χ3n) is 3.34. The minimum Gasteiger partial charge on any atom is -0.494 e. The molecule has 26 heavy (non-hydrogen) atoms. The maximum atomic E-state index is 12.2. The third-order valence-corrected chi connectivity index (χ3v) is 4.82. The average Bonchev–Trinajstić information content (AvgIpc) is 2.54. The molecule has 1 aromatic carbocycles. The quantitative estimate of drug-likeness (QED) is 0.593. The van der Waals surface area contributed by atoms with E-state index in [1.54, 1.807) is 12.1 Å². The number of carboxylic acid groups (broad SMARTS) is 1. The average molecular weight is 386 g/mol. The smallest absolute Gasteiger partial charge is 0.323 e. The molecular formula is C17H26N2O6S. The maximum Gasteiger partial charge on any atom is 0.323 e. The van der Waals surface area contributed by atoms with Crippen molar-refractivity contribution in [2.24, 2.45) is 5.92 Å². The number of aliphatic carboxylic acids is 1. The van der Waals surface area contributed by atoms with Gasteiger partial charge in [-0.05, 0) is 37.1 Å². The first-order valence-electron chi connectivity index (χ1n) is 8.37. The summed E-state index contributed by atoms with van der Waals surface area (Å²) in [6.07, 6.45) is -0.115. The molecule has 0 bridgehead atoms. The first-order valence-corrected chi connectivity index (χ1v) is 9.86. The molecule has 0 spiro atoms. The van der Waals surface area contributed by atoms with Crippen molar-refractivity contribution in [1.82, 2.24) is 9.62 Å². The molecule has 0 aliphatic heterocycles. The minimum atomic E-state index is -3.75. The lowest BCUT2D eigenvalue weighted by Crippen LogP contribution is -2.39. The van der Waals surface area contributed by atoms with E-state index >= 15 is 0 Å². The molecule has 0 fully saturated rings. The molecule has 1 rings (SSSR count). The van der Waals surface area contributed by atoms with Crippen molar-refractivity contribution < 1.29 is 27.9 Å². The van der Waals surface area contributed by atoms with Crippen molar-refractivity contribution in [3.8, 4) is 5.75 Å². The van der Waals surface area contributed by atoms with Crippen LogP contribution < -0.4 is 9.46 Å². The van der Waals surface area contributed by atoms with Gasteiger partial charge in [0.1, 0.15) is 12.3 Å². The summed E-state index contributed by atoms with van der Waals surface area (Å²) in [5.74, 6) is -0.831. The fourth-order valence-corrected chi connectivity index (χ4v) is 3.31. The Bertz CT molecular complexity index is 700. The lowest BCUT2D eigenvalue weighted by Gasteiger charge is -2.22. The van der Waals surface area contributed by atoms with Crippen LogP contribution in [0.15, 0.2) is 29.2 Å². The second kappa shape index (κ2) is 10.1. The van der Waals surface area contributed by atoms with Crippen LogP contribution in [-0.4, -0.2) is 56.5 Å². The van der Waals surface area contributed by atoms with Gasteiger partial charge >= 0.3 is 5.97 Å². The van der Waals surface area contributed by atoms with Crippen LogP contribution in [0.25, 0.3) is 0 Å². The van der Waals surface area contributed by atoms with Crippen LogP contribution in [0, 0.1) is 5.92 Å². The Balaban J connectivity index is 2.63. The van der Waals surface area contributed by atoms with E-state index in [9.17, 15) is 18.0 Å². The van der Waals surface area contributed by atoms with E-state index in [4.69, 9.17) is 9.84 Å². The number of nitrogens with zero attached hydrogens (tertiary/aromatic N) is 1. The summed E-state index contributed by atoms with van der Waals surface area (Å²) in [4.78, 5) is 24.3. The Kier molecular flexibility index (Phi) is 8.53. The molecule has 0 radical (unpaired) electrons. The molecule has 0 unspecified atom stereocenters. The van der Waals surface area contributed by atoms with Crippen LogP contribution in [0.4, 0.5) is 0 Å². The summed E-state index contributed by atoms with van der Waals surface area (Å²) in [6, 6.07) is 5.95. The molecule has 146 valence electrons. The predicted molar refractivity (Wildman–Crippen MR) is 96.5 cm³/mol. The first-order chi connectivity index (χ1) is 12.2. The van der Waals surface area contributed by atoms with Crippen molar-refractivity contribution >= 4 is 21.9 Å². The van der Waals surface area contributed by atoms with Crippen LogP contribution in [0.3, 0.4) is 0 Å². The van der Waals surface area contributed by atoms with Gasteiger partial charge in [0.05, 0.1) is 11.5 Å². The fourth-order valence-electron chi connectivity index (χ4n) is 2.27. The SMILES string of the molecule is CCOc1ccc(S(=O)(=O)NCCC(=O)N(CC(=O)O)CC(C)C)cc1. The van der Waals surface area contributed by atoms with Gasteiger partial charge in [0, 0.05) is 19.5 Å². The summed E-state index contributed by atoms with van der Waals surface area (Å²) in [7, 11) is -3.75. The van der Waals surface area contributed by atoms with Gasteiger partial charge in [-0.1, -0.05) is 13.8 Å². The van der Waals surface area contributed by atoms with Gasteiger partial charge in [-0.3, -0.25) is 9.59 Å². The number of hydrogen-bond donors (Lipinski definition) is 2. The number of hydrogen-bond acceptors (Lipinski definition) is 5. The zero-order valence-corrected chi connectivity index (χ0v) is 16.1. The van der Waals surface area contributed by atoms with Gasteiger partial charge in [-0.15, -0.1) is 0 Å². The van der Waals surface area contributed by atoms with Crippen molar-refractivity contribution in [2.45, 2.75) is 32.1 Å². The van der Waals surface area contributed by atoms with E-state index in [2.05, 4.69) is 4.72 Å². The standard InChI is InChI=1S/C17H26N2O6S/c1-4-25-14-5-7-15(8-6-14)26(23,24)18-10-9-16(20)19(11-13(2)3)12-17(21)22/h5-8,13,18H,4,9-12H2,1-3H3,(H,21,22). The minimum absolute atomic E-state index is 0.0676. The second-order valence-electron chi connectivity index (χ2n) is 6.11. The monoisotopic (exact) mass is 386 g/mol. The largest absolute Gasteiger partial charge is 0.494 e. The summed E-state index contributed by atoms with van der Waals surface area (Å²) < 4.78 is 32.1. The highest BCUT2D eigenvalue weighted by atomic mass is 32.2. The van der Waals surface area contributed by atoms with Crippen LogP contribution in [-0.2, 0) is 19.6 Å². The number of nitrogens with one attached hydrogen (secondary N) is 1. The van der Waals surface area contributed by atoms with Gasteiger partial charge in [0.25, 0.3) is 0 Å². The summed E-state index contributed by atoms with van der Waals surface area (Å²) >= 11 is 0. The van der Waals surface area contributed by atoms with Crippen LogP contribution in [0.5, 0.6) is 5.75 Å². The Morgan fingerprint density at radius 2 is 1.85 bits per heavy atom. The maximum absolute atomic E-state index is 12.2. The van der Waals surface area contributed by atoms with E-state index in [-0.39, 0.29) is 23.8 Å². The van der Waals surface area contributed by atoms with Gasteiger partial charge in [0.15, 0.2) is 0 Å². The number of amides is 1. The Hall–Kier alpha value is -2.13. The predicted octanol–water partition coefficient (Wildman–Crippen LogP) is 1.32. The number of rotatable bonds is 11. The second-order valence-corrected chi connectivity index (χ2v) is 7.88. The van der Waals surface area contributed by atoms with E-state index in [0.29, 0.717) is 18.9 Å². The number of sulfonamides is 1. The highest BCUT2D eigenvalue weighted by Gasteiger charge is 2.19. The zero-order chi connectivity index (χ0) is 19.7. The molecule has 0 aliphatic carbocycles. The molecular weight excluding hydrogens is 360 g/mol. The molecule has 9 heteroatoms. The van der Waals surface area contributed by atoms with Crippen molar-refractivity contribution in [2.75, 3.05) is 26.2 Å². The molecule has 1 aromatic rings. The number of carbonyl (C=O) groups excluding carboxylic acids is 1. The van der Waals surface area contributed by atoms with Crippen molar-refractivity contribution in [3.05, 3.63) is 24.3 Å². The van der Waals surface area contributed by atoms with Crippen LogP contribution in [0.1, 0.15) is 27.2 Å². The molecule has 0 heterocycles. The van der Waals surface area contributed by atoms with E-state index in [0.717, 1.165) is 0 Å². The molecule has 1 amide bonds. The number of carbonyl (C=O) groups is 2. The Morgan fingerprint density at radius 1 is 1.23 bits per heavy atom. The summed E-state index contributed by atoms with van der Waals surface area (Å²) in [6.45, 7) is 5.85. The van der Waals surface area contributed by atoms with Gasteiger partial charge in [-0.25, -0.2) is 13.1 Å². The van der Waals surface area contributed by atoms with E-state index in [1.807, 2.05) is 20.8 Å². The van der Waals surface area contributed by atoms with Crippen molar-refractivity contribution in [1.29, 1.82) is 0 Å². The fraction of sp³-hybridized carbons (Fsp3) is 0.529. The van der Waals surface area contributed by atoms with Gasteiger partial charge in [0.2, 0.25) is 15.9 Å². The molecule has 8 nitrogen and oxygen atoms in total. The molecule has 2 N–H and O–H groups in total. The Morgan fingerprint density at radius 3 is 2.35 bits per heavy atom. The molecule has 0 saturated carbocycles. The lowest BCUT2D eigenvalue weighted by molar-refractivity contribution is -0.144. The van der Waals surface area contributed by atoms with E-state index < -0.39 is 28.4 Å². The lowest BCUT2D eigenvalue weighted by atomic mass is 10.2. The third kappa shape index (κ3) is 7.40. The highest BCUT2D eigenvalue weighted by Crippen LogP contribution is 2.15. The highest BCUT2D eigenvalue weighted by molar-refractivity contribution is 7.89. The molecule has 0 atom stereocenters. The van der Waals surface area contributed by atoms with E-state index in [1.165, 1.54) is 17.0 Å². The van der Waals surface area contributed by atoms with Gasteiger partial charge in [-0.2, -0.15) is 0 Å². The van der Waals surface area contributed by atoms with Gasteiger partial charge < -0.3 is 14.7 Å². The number of benzene rings is 1.